The molecule has 0 aliphatic carbocycles. The normalized spacial score (nSPS) is 25.0. The van der Waals surface area contributed by atoms with Crippen LogP contribution in [0, 0.1) is 11.8 Å². The number of piperidine rings is 1. The van der Waals surface area contributed by atoms with Gasteiger partial charge in [0.05, 0.1) is 31.7 Å². The van der Waals surface area contributed by atoms with Crippen LogP contribution in [0.1, 0.15) is 26.2 Å². The van der Waals surface area contributed by atoms with Crippen LogP contribution in [-0.2, 0) is 14.4 Å². The molecule has 8 nitrogen and oxygen atoms in total. The number of carbonyl (C=O) groups is 3. The third-order valence-corrected chi connectivity index (χ3v) is 5.74. The van der Waals surface area contributed by atoms with Crippen molar-refractivity contribution in [3.05, 3.63) is 18.2 Å². The second-order valence-corrected chi connectivity index (χ2v) is 7.30. The molecular formula is C20H26N2O6. The first-order chi connectivity index (χ1) is 13.4. The van der Waals surface area contributed by atoms with Crippen LogP contribution in [0.2, 0.25) is 0 Å². The van der Waals surface area contributed by atoms with Gasteiger partial charge in [0.25, 0.3) is 0 Å². The third kappa shape index (κ3) is 3.63. The minimum atomic E-state index is -0.878. The number of carboxylic acids is 1. The number of amides is 2. The molecule has 1 N–H and O–H groups in total. The average Bonchev–Trinajstić information content (AvgIpc) is 3.08. The van der Waals surface area contributed by atoms with E-state index in [0.29, 0.717) is 36.6 Å². The predicted octanol–water partition coefficient (Wildman–Crippen LogP) is 1.77. The number of rotatable bonds is 5. The number of carbonyl (C=O) groups excluding carboxylic acids is 2. The van der Waals surface area contributed by atoms with E-state index in [1.54, 1.807) is 42.0 Å². The molecule has 2 amide bonds. The molecule has 1 aromatic carbocycles. The molecule has 0 aromatic heterocycles. The van der Waals surface area contributed by atoms with Crippen LogP contribution in [0.15, 0.2) is 18.2 Å². The highest BCUT2D eigenvalue weighted by molar-refractivity contribution is 6.01. The van der Waals surface area contributed by atoms with E-state index in [2.05, 4.69) is 0 Å². The number of benzene rings is 1. The molecule has 2 aliphatic rings. The predicted molar refractivity (Wildman–Crippen MR) is 102 cm³/mol. The minimum Gasteiger partial charge on any atom is -0.497 e. The monoisotopic (exact) mass is 390 g/mol. The number of likely N-dealkylation sites (tertiary alicyclic amines) is 1. The van der Waals surface area contributed by atoms with E-state index in [4.69, 9.17) is 9.47 Å². The maximum absolute atomic E-state index is 13.1. The number of carboxylic acid groups (broad SMARTS) is 1. The van der Waals surface area contributed by atoms with Crippen LogP contribution in [0.3, 0.4) is 0 Å². The Hall–Kier alpha value is -2.77. The maximum atomic E-state index is 13.1. The lowest BCUT2D eigenvalue weighted by atomic mass is 9.89. The minimum absolute atomic E-state index is 0.106. The Kier molecular flexibility index (Phi) is 5.76. The second-order valence-electron chi connectivity index (χ2n) is 7.30. The lowest BCUT2D eigenvalue weighted by Gasteiger charge is -2.38. The molecule has 3 atom stereocenters. The molecular weight excluding hydrogens is 364 g/mol. The Morgan fingerprint density at radius 1 is 1.21 bits per heavy atom. The molecule has 0 bridgehead atoms. The molecule has 0 saturated carbocycles. The van der Waals surface area contributed by atoms with Crippen molar-refractivity contribution in [2.24, 2.45) is 11.8 Å². The van der Waals surface area contributed by atoms with Gasteiger partial charge in [0, 0.05) is 31.6 Å². The van der Waals surface area contributed by atoms with Gasteiger partial charge in [0.2, 0.25) is 11.8 Å². The van der Waals surface area contributed by atoms with E-state index in [-0.39, 0.29) is 30.8 Å². The Labute approximate surface area is 164 Å². The molecule has 2 saturated heterocycles. The molecule has 2 heterocycles. The summed E-state index contributed by atoms with van der Waals surface area (Å²) in [7, 11) is 3.07. The number of ether oxygens (including phenoxy) is 2. The summed E-state index contributed by atoms with van der Waals surface area (Å²) in [6, 6.07) is 4.80. The lowest BCUT2D eigenvalue weighted by molar-refractivity contribution is -0.150. The van der Waals surface area contributed by atoms with Crippen molar-refractivity contribution in [3.8, 4) is 11.5 Å². The van der Waals surface area contributed by atoms with Crippen molar-refractivity contribution in [2.45, 2.75) is 32.2 Å². The Bertz CT molecular complexity index is 780. The molecule has 3 rings (SSSR count). The fourth-order valence-electron chi connectivity index (χ4n) is 4.13. The van der Waals surface area contributed by atoms with Gasteiger partial charge in [0.15, 0.2) is 0 Å². The van der Waals surface area contributed by atoms with Gasteiger partial charge in [-0.05, 0) is 31.9 Å². The van der Waals surface area contributed by atoms with Gasteiger partial charge in [-0.1, -0.05) is 0 Å². The van der Waals surface area contributed by atoms with E-state index < -0.39 is 17.8 Å². The van der Waals surface area contributed by atoms with Gasteiger partial charge in [-0.2, -0.15) is 0 Å². The largest absolute Gasteiger partial charge is 0.497 e. The van der Waals surface area contributed by atoms with Gasteiger partial charge in [-0.25, -0.2) is 0 Å². The SMILES string of the molecule is COc1ccc(N2CC(C(=O)N3CCC[C@H](C(=O)O)[C@@H]3C)CC2=O)c(OC)c1. The van der Waals surface area contributed by atoms with Crippen molar-refractivity contribution >= 4 is 23.5 Å². The maximum Gasteiger partial charge on any atom is 0.308 e. The zero-order chi connectivity index (χ0) is 20.4. The van der Waals surface area contributed by atoms with Crippen molar-refractivity contribution in [3.63, 3.8) is 0 Å². The summed E-state index contributed by atoms with van der Waals surface area (Å²) >= 11 is 0. The van der Waals surface area contributed by atoms with Crippen molar-refractivity contribution in [1.29, 1.82) is 0 Å². The van der Waals surface area contributed by atoms with Gasteiger partial charge in [-0.15, -0.1) is 0 Å². The van der Waals surface area contributed by atoms with Crippen molar-refractivity contribution in [2.75, 3.05) is 32.2 Å². The molecule has 0 spiro atoms. The van der Waals surface area contributed by atoms with Crippen molar-refractivity contribution < 1.29 is 29.0 Å². The highest BCUT2D eigenvalue weighted by Gasteiger charge is 2.42. The molecule has 28 heavy (non-hydrogen) atoms. The summed E-state index contributed by atoms with van der Waals surface area (Å²) in [5.41, 5.74) is 0.596. The summed E-state index contributed by atoms with van der Waals surface area (Å²) in [4.78, 5) is 40.3. The van der Waals surface area contributed by atoms with E-state index >= 15 is 0 Å². The van der Waals surface area contributed by atoms with Crippen LogP contribution in [0.25, 0.3) is 0 Å². The van der Waals surface area contributed by atoms with Crippen LogP contribution >= 0.6 is 0 Å². The Balaban J connectivity index is 1.77. The summed E-state index contributed by atoms with van der Waals surface area (Å²) in [5.74, 6) is -1.12. The van der Waals surface area contributed by atoms with Gasteiger partial charge < -0.3 is 24.4 Å². The lowest BCUT2D eigenvalue weighted by Crippen LogP contribution is -2.51. The number of hydrogen-bond acceptors (Lipinski definition) is 5. The molecule has 1 aromatic rings. The zero-order valence-corrected chi connectivity index (χ0v) is 16.4. The molecule has 2 aliphatic heterocycles. The number of anilines is 1. The van der Waals surface area contributed by atoms with Crippen LogP contribution < -0.4 is 14.4 Å². The Morgan fingerprint density at radius 2 is 1.96 bits per heavy atom. The highest BCUT2D eigenvalue weighted by Crippen LogP contribution is 2.37. The first-order valence-electron chi connectivity index (χ1n) is 9.43. The number of nitrogens with zero attached hydrogens (tertiary/aromatic N) is 2. The second kappa shape index (κ2) is 8.08. The first-order valence-corrected chi connectivity index (χ1v) is 9.43. The topological polar surface area (TPSA) is 96.4 Å². The summed E-state index contributed by atoms with van der Waals surface area (Å²) in [5, 5.41) is 9.38. The van der Waals surface area contributed by atoms with Gasteiger partial charge >= 0.3 is 5.97 Å². The molecule has 8 heteroatoms. The van der Waals surface area contributed by atoms with Gasteiger partial charge in [0.1, 0.15) is 11.5 Å². The van der Waals surface area contributed by atoms with E-state index in [0.717, 1.165) is 0 Å². The van der Waals surface area contributed by atoms with Crippen LogP contribution in [-0.4, -0.2) is 61.1 Å². The van der Waals surface area contributed by atoms with Gasteiger partial charge in [-0.3, -0.25) is 14.4 Å². The summed E-state index contributed by atoms with van der Waals surface area (Å²) in [6.07, 6.45) is 1.33. The first kappa shape index (κ1) is 20.0. The molecule has 0 radical (unpaired) electrons. The van der Waals surface area contributed by atoms with Crippen molar-refractivity contribution in [1.82, 2.24) is 4.90 Å². The van der Waals surface area contributed by atoms with E-state index in [1.807, 2.05) is 0 Å². The Morgan fingerprint density at radius 3 is 2.61 bits per heavy atom. The molecule has 2 fully saturated rings. The number of hydrogen-bond donors (Lipinski definition) is 1. The summed E-state index contributed by atoms with van der Waals surface area (Å²) in [6.45, 7) is 2.55. The summed E-state index contributed by atoms with van der Waals surface area (Å²) < 4.78 is 10.6. The fourth-order valence-corrected chi connectivity index (χ4v) is 4.13. The average molecular weight is 390 g/mol. The van der Waals surface area contributed by atoms with Crippen LogP contribution in [0.4, 0.5) is 5.69 Å². The van der Waals surface area contributed by atoms with E-state index in [1.165, 1.54) is 7.11 Å². The fraction of sp³-hybridized carbons (Fsp3) is 0.550. The number of methoxy groups -OCH3 is 2. The molecule has 1 unspecified atom stereocenters. The quantitative estimate of drug-likeness (QED) is 0.823. The smallest absolute Gasteiger partial charge is 0.308 e. The van der Waals surface area contributed by atoms with Crippen LogP contribution in [0.5, 0.6) is 11.5 Å². The highest BCUT2D eigenvalue weighted by atomic mass is 16.5. The zero-order valence-electron chi connectivity index (χ0n) is 16.4. The standard InChI is InChI=1S/C20H26N2O6/c1-12-15(20(25)26)5-4-8-21(12)19(24)13-9-18(23)22(11-13)16-7-6-14(27-2)10-17(16)28-3/h6-7,10,12-13,15H,4-5,8-9,11H2,1-3H3,(H,25,26)/t12-,13?,15-/m0/s1. The third-order valence-electron chi connectivity index (χ3n) is 5.74. The molecule has 152 valence electrons. The van der Waals surface area contributed by atoms with E-state index in [9.17, 15) is 19.5 Å². The number of aliphatic carboxylic acids is 1.